The second kappa shape index (κ2) is 11.1. The standard InChI is InChI=1S/C32H21BrClN3O6/c1-39-28-12-19(10-23(33)30(28)40-16-18-6-8-26-27(11-18)42-17-41-26)15-35-37-31(36-24-5-3-2-4-22(24)32(37)38)29-14-20-13-21(34)7-9-25(20)43-29/h2-15H,16-17H2,1H3. The van der Waals surface area contributed by atoms with Crippen molar-refractivity contribution in [1.82, 2.24) is 9.66 Å². The summed E-state index contributed by atoms with van der Waals surface area (Å²) in [4.78, 5) is 18.4. The van der Waals surface area contributed by atoms with Crippen molar-refractivity contribution >= 4 is 55.6 Å². The molecule has 0 radical (unpaired) electrons. The summed E-state index contributed by atoms with van der Waals surface area (Å²) in [5.41, 5.74) is 2.36. The Labute approximate surface area is 258 Å². The molecule has 0 N–H and O–H groups in total. The van der Waals surface area contributed by atoms with E-state index < -0.39 is 0 Å². The van der Waals surface area contributed by atoms with Crippen LogP contribution < -0.4 is 24.5 Å². The van der Waals surface area contributed by atoms with E-state index in [9.17, 15) is 4.79 Å². The SMILES string of the molecule is COc1cc(C=Nn2c(-c3cc4cc(Cl)ccc4o3)nc3ccccc3c2=O)cc(Br)c1OCc1ccc2c(c1)OCO2. The number of aromatic nitrogens is 2. The molecule has 1 aliphatic rings. The molecule has 3 heterocycles. The highest BCUT2D eigenvalue weighted by Gasteiger charge is 2.18. The van der Waals surface area contributed by atoms with Crippen LogP contribution in [0.1, 0.15) is 11.1 Å². The van der Waals surface area contributed by atoms with Crippen molar-refractivity contribution in [3.8, 4) is 34.6 Å². The number of para-hydroxylation sites is 1. The zero-order valence-corrected chi connectivity index (χ0v) is 24.9. The van der Waals surface area contributed by atoms with E-state index in [1.54, 1.807) is 61.9 Å². The van der Waals surface area contributed by atoms with Crippen molar-refractivity contribution in [2.45, 2.75) is 6.61 Å². The molecule has 43 heavy (non-hydrogen) atoms. The van der Waals surface area contributed by atoms with Gasteiger partial charge < -0.3 is 23.4 Å². The van der Waals surface area contributed by atoms with Gasteiger partial charge in [-0.2, -0.15) is 9.78 Å². The predicted octanol–water partition coefficient (Wildman–Crippen LogP) is 7.42. The predicted molar refractivity (Wildman–Crippen MR) is 167 cm³/mol. The molecule has 0 saturated heterocycles. The van der Waals surface area contributed by atoms with Gasteiger partial charge in [0.2, 0.25) is 12.6 Å². The molecule has 0 aliphatic carbocycles. The fourth-order valence-corrected chi connectivity index (χ4v) is 5.53. The second-order valence-electron chi connectivity index (χ2n) is 9.62. The number of furan rings is 1. The topological polar surface area (TPSA) is 97.3 Å². The van der Waals surface area contributed by atoms with Gasteiger partial charge in [0.25, 0.3) is 5.56 Å². The Hall–Kier alpha value is -4.80. The summed E-state index contributed by atoms with van der Waals surface area (Å²) in [6, 6.07) is 23.4. The third kappa shape index (κ3) is 5.19. The van der Waals surface area contributed by atoms with Crippen LogP contribution in [0.25, 0.3) is 33.5 Å². The molecule has 0 spiro atoms. The molecule has 0 saturated carbocycles. The van der Waals surface area contributed by atoms with Crippen LogP contribution in [-0.2, 0) is 6.61 Å². The molecule has 11 heteroatoms. The number of hydrogen-bond acceptors (Lipinski definition) is 8. The molecule has 6 aromatic rings. The van der Waals surface area contributed by atoms with E-state index >= 15 is 0 Å². The van der Waals surface area contributed by atoms with E-state index in [1.807, 2.05) is 30.3 Å². The number of fused-ring (bicyclic) bond motifs is 3. The van der Waals surface area contributed by atoms with Gasteiger partial charge in [-0.05, 0) is 87.7 Å². The van der Waals surface area contributed by atoms with Crippen molar-refractivity contribution in [3.63, 3.8) is 0 Å². The maximum Gasteiger partial charge on any atom is 0.282 e. The Kier molecular flexibility index (Phi) is 7.00. The zero-order valence-electron chi connectivity index (χ0n) is 22.5. The summed E-state index contributed by atoms with van der Waals surface area (Å²) in [5.74, 6) is 3.02. The Bertz CT molecular complexity index is 2120. The van der Waals surface area contributed by atoms with Gasteiger partial charge in [0.15, 0.2) is 28.8 Å². The Morgan fingerprint density at radius 1 is 1.05 bits per heavy atom. The van der Waals surface area contributed by atoms with Gasteiger partial charge in [0.1, 0.15) is 12.2 Å². The quantitative estimate of drug-likeness (QED) is 0.165. The average Bonchev–Trinajstić information content (AvgIpc) is 3.66. The number of nitrogens with zero attached hydrogens (tertiary/aromatic N) is 3. The van der Waals surface area contributed by atoms with Crippen LogP contribution in [0.3, 0.4) is 0 Å². The van der Waals surface area contributed by atoms with Gasteiger partial charge in [-0.3, -0.25) is 4.79 Å². The van der Waals surface area contributed by atoms with E-state index in [0.29, 0.717) is 60.3 Å². The number of benzene rings is 4. The highest BCUT2D eigenvalue weighted by Crippen LogP contribution is 2.38. The van der Waals surface area contributed by atoms with Crippen LogP contribution in [0.2, 0.25) is 5.02 Å². The minimum Gasteiger partial charge on any atom is -0.493 e. The van der Waals surface area contributed by atoms with Crippen LogP contribution in [0.5, 0.6) is 23.0 Å². The molecule has 0 atom stereocenters. The van der Waals surface area contributed by atoms with Gasteiger partial charge >= 0.3 is 0 Å². The Morgan fingerprint density at radius 2 is 1.91 bits per heavy atom. The summed E-state index contributed by atoms with van der Waals surface area (Å²) in [7, 11) is 1.56. The van der Waals surface area contributed by atoms with Gasteiger partial charge in [-0.15, -0.1) is 0 Å². The number of halogens is 2. The van der Waals surface area contributed by atoms with Crippen LogP contribution in [0.4, 0.5) is 0 Å². The van der Waals surface area contributed by atoms with E-state index in [1.165, 1.54) is 4.68 Å². The lowest BCUT2D eigenvalue weighted by Gasteiger charge is -2.14. The van der Waals surface area contributed by atoms with Crippen LogP contribution in [-0.4, -0.2) is 29.8 Å². The lowest BCUT2D eigenvalue weighted by atomic mass is 10.2. The first kappa shape index (κ1) is 27.1. The van der Waals surface area contributed by atoms with Crippen molar-refractivity contribution < 1.29 is 23.4 Å². The molecule has 0 bridgehead atoms. The first-order chi connectivity index (χ1) is 21.0. The highest BCUT2D eigenvalue weighted by molar-refractivity contribution is 9.10. The summed E-state index contributed by atoms with van der Waals surface area (Å²) in [5, 5.41) is 6.33. The third-order valence-electron chi connectivity index (χ3n) is 6.85. The fraction of sp³-hybridized carbons (Fsp3) is 0.0938. The molecular weight excluding hydrogens is 638 g/mol. The smallest absolute Gasteiger partial charge is 0.282 e. The van der Waals surface area contributed by atoms with Crippen molar-refractivity contribution in [1.29, 1.82) is 0 Å². The van der Waals surface area contributed by atoms with Crippen molar-refractivity contribution in [2.75, 3.05) is 13.9 Å². The molecule has 214 valence electrons. The van der Waals surface area contributed by atoms with E-state index in [-0.39, 0.29) is 24.8 Å². The highest BCUT2D eigenvalue weighted by atomic mass is 79.9. The summed E-state index contributed by atoms with van der Waals surface area (Å²) in [6.07, 6.45) is 1.55. The number of hydrogen-bond donors (Lipinski definition) is 0. The van der Waals surface area contributed by atoms with Crippen LogP contribution >= 0.6 is 27.5 Å². The number of rotatable bonds is 7. The largest absolute Gasteiger partial charge is 0.493 e. The first-order valence-corrected chi connectivity index (χ1v) is 14.3. The van der Waals surface area contributed by atoms with Crippen LogP contribution in [0, 0.1) is 0 Å². The molecule has 7 rings (SSSR count). The molecule has 2 aromatic heterocycles. The fourth-order valence-electron chi connectivity index (χ4n) is 4.78. The molecular formula is C32H21BrClN3O6. The van der Waals surface area contributed by atoms with Crippen LogP contribution in [0.15, 0.2) is 97.6 Å². The summed E-state index contributed by atoms with van der Waals surface area (Å²) < 4.78 is 30.5. The Morgan fingerprint density at radius 3 is 2.79 bits per heavy atom. The number of methoxy groups -OCH3 is 1. The van der Waals surface area contributed by atoms with E-state index in [2.05, 4.69) is 21.0 Å². The molecule has 0 unspecified atom stereocenters. The minimum atomic E-state index is -0.343. The summed E-state index contributed by atoms with van der Waals surface area (Å²) >= 11 is 9.77. The van der Waals surface area contributed by atoms with E-state index in [0.717, 1.165) is 10.9 Å². The van der Waals surface area contributed by atoms with Gasteiger partial charge in [0, 0.05) is 10.4 Å². The normalized spacial score (nSPS) is 12.4. The number of ether oxygens (including phenoxy) is 4. The average molecular weight is 659 g/mol. The maximum atomic E-state index is 13.6. The van der Waals surface area contributed by atoms with Gasteiger partial charge in [-0.25, -0.2) is 4.98 Å². The lowest BCUT2D eigenvalue weighted by Crippen LogP contribution is -2.20. The summed E-state index contributed by atoms with van der Waals surface area (Å²) in [6.45, 7) is 0.487. The molecule has 4 aromatic carbocycles. The maximum absolute atomic E-state index is 13.6. The van der Waals surface area contributed by atoms with Crippen molar-refractivity contribution in [3.05, 3.63) is 110 Å². The molecule has 0 fully saturated rings. The van der Waals surface area contributed by atoms with Gasteiger partial charge in [0.05, 0.1) is 28.7 Å². The lowest BCUT2D eigenvalue weighted by molar-refractivity contribution is 0.174. The molecule has 1 aliphatic heterocycles. The minimum absolute atomic E-state index is 0.206. The zero-order chi connectivity index (χ0) is 29.5. The van der Waals surface area contributed by atoms with Crippen molar-refractivity contribution in [2.24, 2.45) is 5.10 Å². The molecule has 9 nitrogen and oxygen atoms in total. The first-order valence-electron chi connectivity index (χ1n) is 13.1. The third-order valence-corrected chi connectivity index (χ3v) is 7.67. The Balaban J connectivity index is 1.24. The van der Waals surface area contributed by atoms with E-state index in [4.69, 9.17) is 39.9 Å². The molecule has 0 amide bonds. The van der Waals surface area contributed by atoms with Gasteiger partial charge in [-0.1, -0.05) is 29.8 Å². The monoisotopic (exact) mass is 657 g/mol. The second-order valence-corrected chi connectivity index (χ2v) is 10.9.